The highest BCUT2D eigenvalue weighted by Crippen LogP contribution is 2.13. The molecular formula is C14H24N2O4S2. The number of nitrogens with zero attached hydrogens (tertiary/aromatic N) is 1. The van der Waals surface area contributed by atoms with Crippen LogP contribution in [0, 0.1) is 0 Å². The van der Waals surface area contributed by atoms with E-state index in [-0.39, 0.29) is 12.6 Å². The van der Waals surface area contributed by atoms with E-state index in [0.29, 0.717) is 6.42 Å². The van der Waals surface area contributed by atoms with E-state index in [1.54, 1.807) is 32.1 Å². The number of likely N-dealkylation sites (N-methyl/N-ethyl adjacent to an activating group) is 1. The van der Waals surface area contributed by atoms with Crippen LogP contribution in [0.1, 0.15) is 25.6 Å². The lowest BCUT2D eigenvalue weighted by molar-refractivity contribution is 0.0500. The first-order valence-corrected chi connectivity index (χ1v) is 9.63. The third-order valence-corrected chi connectivity index (χ3v) is 4.97. The first-order chi connectivity index (χ1) is 9.97. The Morgan fingerprint density at radius 1 is 1.45 bits per heavy atom. The third kappa shape index (κ3) is 7.24. The van der Waals surface area contributed by atoms with Crippen molar-refractivity contribution in [2.75, 3.05) is 19.8 Å². The zero-order chi connectivity index (χ0) is 17.0. The van der Waals surface area contributed by atoms with Crippen molar-refractivity contribution in [1.82, 2.24) is 9.62 Å². The second-order valence-corrected chi connectivity index (χ2v) is 9.29. The van der Waals surface area contributed by atoms with Gasteiger partial charge in [0.05, 0.1) is 12.3 Å². The minimum Gasteiger partial charge on any atom is -0.444 e. The average molecular weight is 348 g/mol. The zero-order valence-electron chi connectivity index (χ0n) is 13.6. The highest BCUT2D eigenvalue weighted by molar-refractivity contribution is 7.88. The van der Waals surface area contributed by atoms with Gasteiger partial charge in [-0.25, -0.2) is 17.5 Å². The topological polar surface area (TPSA) is 75.7 Å². The summed E-state index contributed by atoms with van der Waals surface area (Å²) in [5.41, 5.74) is -0.597. The van der Waals surface area contributed by atoms with Crippen molar-refractivity contribution in [3.63, 3.8) is 0 Å². The number of ether oxygens (including phenoxy) is 1. The van der Waals surface area contributed by atoms with Gasteiger partial charge < -0.3 is 10.1 Å². The fourth-order valence-corrected chi connectivity index (χ4v) is 2.99. The minimum atomic E-state index is -3.30. The van der Waals surface area contributed by atoms with Gasteiger partial charge in [0.25, 0.3) is 0 Å². The molecule has 1 aromatic rings. The Labute approximate surface area is 136 Å². The Morgan fingerprint density at radius 3 is 2.55 bits per heavy atom. The molecule has 8 heteroatoms. The Balaban J connectivity index is 2.75. The lowest BCUT2D eigenvalue weighted by Crippen LogP contribution is -2.46. The number of carbonyl (C=O) groups is 1. The summed E-state index contributed by atoms with van der Waals surface area (Å²) in [7, 11) is -1.81. The molecule has 1 heterocycles. The van der Waals surface area contributed by atoms with Crippen LogP contribution in [-0.4, -0.2) is 50.3 Å². The SMILES string of the molecule is CN(C[C@@H](Cc1cccs1)NC(=O)OC(C)(C)C)S(C)(=O)=O. The minimum absolute atomic E-state index is 0.190. The Hall–Kier alpha value is -1.12. The monoisotopic (exact) mass is 348 g/mol. The molecule has 0 aliphatic carbocycles. The molecule has 0 saturated carbocycles. The van der Waals surface area contributed by atoms with Gasteiger partial charge in [0, 0.05) is 24.9 Å². The van der Waals surface area contributed by atoms with Crippen LogP contribution in [0.15, 0.2) is 17.5 Å². The quantitative estimate of drug-likeness (QED) is 0.854. The summed E-state index contributed by atoms with van der Waals surface area (Å²) in [6.45, 7) is 5.53. The van der Waals surface area contributed by atoms with Gasteiger partial charge >= 0.3 is 6.09 Å². The van der Waals surface area contributed by atoms with Gasteiger partial charge in [-0.3, -0.25) is 0 Å². The summed E-state index contributed by atoms with van der Waals surface area (Å²) >= 11 is 1.57. The Kier molecular flexibility index (Phi) is 6.39. The van der Waals surface area contributed by atoms with E-state index in [9.17, 15) is 13.2 Å². The average Bonchev–Trinajstić information content (AvgIpc) is 2.77. The zero-order valence-corrected chi connectivity index (χ0v) is 15.3. The lowest BCUT2D eigenvalue weighted by Gasteiger charge is -2.26. The number of carbonyl (C=O) groups excluding carboxylic acids is 1. The van der Waals surface area contributed by atoms with Crippen molar-refractivity contribution >= 4 is 27.5 Å². The molecule has 0 aliphatic heterocycles. The summed E-state index contributed by atoms with van der Waals surface area (Å²) in [4.78, 5) is 13.0. The summed E-state index contributed by atoms with van der Waals surface area (Å²) in [6, 6.07) is 3.52. The van der Waals surface area contributed by atoms with E-state index in [0.717, 1.165) is 11.1 Å². The molecule has 22 heavy (non-hydrogen) atoms. The first-order valence-electron chi connectivity index (χ1n) is 6.90. The molecule has 0 fully saturated rings. The van der Waals surface area contributed by atoms with Gasteiger partial charge in [0.15, 0.2) is 0 Å². The number of hydrogen-bond donors (Lipinski definition) is 1. The number of rotatable bonds is 6. The van der Waals surface area contributed by atoms with Crippen molar-refractivity contribution in [2.45, 2.75) is 38.8 Å². The highest BCUT2D eigenvalue weighted by atomic mass is 32.2. The predicted octanol–water partition coefficient (Wildman–Crippen LogP) is 2.08. The van der Waals surface area contributed by atoms with Crippen LogP contribution < -0.4 is 5.32 Å². The summed E-state index contributed by atoms with van der Waals surface area (Å²) in [6.07, 6.45) is 1.15. The van der Waals surface area contributed by atoms with Crippen molar-refractivity contribution in [2.24, 2.45) is 0 Å². The van der Waals surface area contributed by atoms with Crippen LogP contribution in [0.4, 0.5) is 4.79 Å². The van der Waals surface area contributed by atoms with E-state index in [2.05, 4.69) is 5.32 Å². The summed E-state index contributed by atoms with van der Waals surface area (Å²) in [5, 5.41) is 4.70. The van der Waals surface area contributed by atoms with Crippen LogP contribution in [0.2, 0.25) is 0 Å². The van der Waals surface area contributed by atoms with Crippen LogP contribution in [-0.2, 0) is 21.2 Å². The second-order valence-electron chi connectivity index (χ2n) is 6.17. The van der Waals surface area contributed by atoms with Gasteiger partial charge in [-0.15, -0.1) is 11.3 Å². The van der Waals surface area contributed by atoms with E-state index < -0.39 is 21.7 Å². The van der Waals surface area contributed by atoms with Crippen molar-refractivity contribution in [3.8, 4) is 0 Å². The normalized spacial score (nSPS) is 13.9. The molecule has 6 nitrogen and oxygen atoms in total. The third-order valence-electron chi connectivity index (χ3n) is 2.79. The fourth-order valence-electron chi connectivity index (χ4n) is 1.75. The molecule has 0 aromatic carbocycles. The van der Waals surface area contributed by atoms with Crippen LogP contribution in [0.3, 0.4) is 0 Å². The van der Waals surface area contributed by atoms with Crippen LogP contribution in [0.5, 0.6) is 0 Å². The Morgan fingerprint density at radius 2 is 2.09 bits per heavy atom. The Bertz CT molecular complexity index is 576. The number of alkyl carbamates (subject to hydrolysis) is 1. The van der Waals surface area contributed by atoms with Gasteiger partial charge in [-0.05, 0) is 32.2 Å². The molecule has 1 atom stereocenters. The molecule has 1 rings (SSSR count). The van der Waals surface area contributed by atoms with E-state index >= 15 is 0 Å². The number of sulfonamides is 1. The molecule has 0 spiro atoms. The molecular weight excluding hydrogens is 324 g/mol. The molecule has 1 N–H and O–H groups in total. The van der Waals surface area contributed by atoms with Crippen molar-refractivity contribution < 1.29 is 17.9 Å². The lowest BCUT2D eigenvalue weighted by atomic mass is 10.2. The first kappa shape index (κ1) is 18.9. The molecule has 126 valence electrons. The van der Waals surface area contributed by atoms with E-state index in [1.165, 1.54) is 11.4 Å². The molecule has 0 unspecified atom stereocenters. The van der Waals surface area contributed by atoms with Gasteiger partial charge in [-0.2, -0.15) is 0 Å². The van der Waals surface area contributed by atoms with Gasteiger partial charge in [-0.1, -0.05) is 6.07 Å². The van der Waals surface area contributed by atoms with Crippen LogP contribution >= 0.6 is 11.3 Å². The fraction of sp³-hybridized carbons (Fsp3) is 0.643. The maximum atomic E-state index is 11.9. The number of hydrogen-bond acceptors (Lipinski definition) is 5. The molecule has 0 saturated heterocycles. The van der Waals surface area contributed by atoms with E-state index in [4.69, 9.17) is 4.74 Å². The van der Waals surface area contributed by atoms with Gasteiger partial charge in [0.1, 0.15) is 5.60 Å². The highest BCUT2D eigenvalue weighted by Gasteiger charge is 2.23. The number of amides is 1. The molecule has 1 aromatic heterocycles. The number of nitrogens with one attached hydrogen (secondary N) is 1. The smallest absolute Gasteiger partial charge is 0.407 e. The maximum Gasteiger partial charge on any atom is 0.407 e. The van der Waals surface area contributed by atoms with E-state index in [1.807, 2.05) is 17.5 Å². The number of thiophene rings is 1. The molecule has 1 amide bonds. The predicted molar refractivity (Wildman–Crippen MR) is 88.7 cm³/mol. The molecule has 0 radical (unpaired) electrons. The second kappa shape index (κ2) is 7.43. The largest absolute Gasteiger partial charge is 0.444 e. The van der Waals surface area contributed by atoms with Crippen molar-refractivity contribution in [3.05, 3.63) is 22.4 Å². The standard InChI is InChI=1S/C14H24N2O4S2/c1-14(2,3)20-13(17)15-11(9-12-7-6-8-21-12)10-16(4)22(5,18)19/h6-8,11H,9-10H2,1-5H3,(H,15,17)/t11-/m1/s1. The molecule has 0 bridgehead atoms. The molecule has 0 aliphatic rings. The van der Waals surface area contributed by atoms with Gasteiger partial charge in [0.2, 0.25) is 10.0 Å². The van der Waals surface area contributed by atoms with Crippen molar-refractivity contribution in [1.29, 1.82) is 0 Å². The summed E-state index contributed by atoms with van der Waals surface area (Å²) in [5.74, 6) is 0. The summed E-state index contributed by atoms with van der Waals surface area (Å²) < 4.78 is 29.6. The van der Waals surface area contributed by atoms with Crippen LogP contribution in [0.25, 0.3) is 0 Å². The maximum absolute atomic E-state index is 11.9.